The van der Waals surface area contributed by atoms with E-state index in [-0.39, 0.29) is 0 Å². The number of hydrogen-bond acceptors (Lipinski definition) is 4. The van der Waals surface area contributed by atoms with E-state index in [9.17, 15) is 0 Å². The first-order valence-corrected chi connectivity index (χ1v) is 6.86. The molecule has 0 amide bonds. The summed E-state index contributed by atoms with van der Waals surface area (Å²) in [7, 11) is 0. The van der Waals surface area contributed by atoms with Gasteiger partial charge >= 0.3 is 0 Å². The van der Waals surface area contributed by atoms with Crippen molar-refractivity contribution in [2.75, 3.05) is 6.54 Å². The zero-order chi connectivity index (χ0) is 13.1. The molecule has 1 unspecified atom stereocenters. The summed E-state index contributed by atoms with van der Waals surface area (Å²) < 4.78 is 2.19. The highest BCUT2D eigenvalue weighted by atomic mass is 15.3. The summed E-state index contributed by atoms with van der Waals surface area (Å²) in [6, 6.07) is 4.39. The maximum Gasteiger partial charge on any atom is 0.150 e. The third kappa shape index (κ3) is 2.66. The molecule has 1 N–H and O–H groups in total. The molecule has 1 atom stereocenters. The lowest BCUT2D eigenvalue weighted by Crippen LogP contribution is -2.29. The molecule has 19 heavy (non-hydrogen) atoms. The molecule has 100 valence electrons. The van der Waals surface area contributed by atoms with E-state index >= 15 is 0 Å². The Morgan fingerprint density at radius 1 is 1.37 bits per heavy atom. The highest BCUT2D eigenvalue weighted by Gasteiger charge is 2.21. The molecular formula is C14H19N5. The van der Waals surface area contributed by atoms with Crippen molar-refractivity contribution in [2.45, 2.75) is 38.8 Å². The van der Waals surface area contributed by atoms with E-state index < -0.39 is 0 Å². The number of hydrogen-bond donors (Lipinski definition) is 1. The fraction of sp³-hybridized carbons (Fsp3) is 0.500. The minimum absolute atomic E-state index is 0.339. The number of nitrogens with one attached hydrogen (secondary N) is 1. The largest absolute Gasteiger partial charge is 0.309 e. The first-order chi connectivity index (χ1) is 9.34. The lowest BCUT2D eigenvalue weighted by Gasteiger charge is -2.23. The average Bonchev–Trinajstić information content (AvgIpc) is 2.82. The summed E-state index contributed by atoms with van der Waals surface area (Å²) >= 11 is 0. The van der Waals surface area contributed by atoms with Gasteiger partial charge < -0.3 is 9.88 Å². The van der Waals surface area contributed by atoms with E-state index in [0.29, 0.717) is 6.04 Å². The van der Waals surface area contributed by atoms with Gasteiger partial charge in [0.05, 0.1) is 12.6 Å². The maximum absolute atomic E-state index is 4.37. The molecule has 2 aromatic heterocycles. The second-order valence-corrected chi connectivity index (χ2v) is 5.06. The Labute approximate surface area is 113 Å². The van der Waals surface area contributed by atoms with Crippen LogP contribution in [0, 0.1) is 6.92 Å². The van der Waals surface area contributed by atoms with Crippen LogP contribution in [0.25, 0.3) is 0 Å². The van der Waals surface area contributed by atoms with Crippen LogP contribution in [0.4, 0.5) is 0 Å². The molecule has 1 saturated heterocycles. The maximum atomic E-state index is 4.37. The summed E-state index contributed by atoms with van der Waals surface area (Å²) in [5.74, 6) is 2.02. The van der Waals surface area contributed by atoms with Gasteiger partial charge in [-0.2, -0.15) is 0 Å². The monoisotopic (exact) mass is 257 g/mol. The third-order valence-electron chi connectivity index (χ3n) is 3.65. The molecule has 1 aliphatic heterocycles. The molecule has 2 aromatic rings. The molecule has 1 aliphatic rings. The van der Waals surface area contributed by atoms with Crippen LogP contribution in [0.3, 0.4) is 0 Å². The topological polar surface area (TPSA) is 55.6 Å². The number of pyridine rings is 1. The highest BCUT2D eigenvalue weighted by Crippen LogP contribution is 2.22. The summed E-state index contributed by atoms with van der Waals surface area (Å²) in [4.78, 5) is 4.17. The van der Waals surface area contributed by atoms with Crippen LogP contribution in [0.15, 0.2) is 24.5 Å². The fourth-order valence-corrected chi connectivity index (χ4v) is 2.60. The van der Waals surface area contributed by atoms with Gasteiger partial charge in [0.25, 0.3) is 0 Å². The highest BCUT2D eigenvalue weighted by molar-refractivity contribution is 5.12. The minimum atomic E-state index is 0.339. The van der Waals surface area contributed by atoms with E-state index in [0.717, 1.165) is 31.2 Å². The van der Waals surface area contributed by atoms with Gasteiger partial charge in [-0.05, 0) is 37.9 Å². The van der Waals surface area contributed by atoms with Crippen LogP contribution in [0.5, 0.6) is 0 Å². The van der Waals surface area contributed by atoms with Crippen molar-refractivity contribution in [3.8, 4) is 0 Å². The number of piperidine rings is 1. The Hall–Kier alpha value is -1.75. The molecule has 0 saturated carbocycles. The van der Waals surface area contributed by atoms with E-state index in [1.807, 2.05) is 19.2 Å². The van der Waals surface area contributed by atoms with Crippen molar-refractivity contribution in [2.24, 2.45) is 0 Å². The van der Waals surface area contributed by atoms with Crippen molar-refractivity contribution >= 4 is 0 Å². The Morgan fingerprint density at radius 2 is 2.32 bits per heavy atom. The fourth-order valence-electron chi connectivity index (χ4n) is 2.60. The van der Waals surface area contributed by atoms with E-state index in [4.69, 9.17) is 0 Å². The van der Waals surface area contributed by atoms with E-state index in [1.165, 1.54) is 18.4 Å². The van der Waals surface area contributed by atoms with E-state index in [1.54, 1.807) is 6.20 Å². The summed E-state index contributed by atoms with van der Waals surface area (Å²) in [6.07, 6.45) is 7.36. The summed E-state index contributed by atoms with van der Waals surface area (Å²) in [5.41, 5.74) is 1.18. The number of aromatic nitrogens is 4. The quantitative estimate of drug-likeness (QED) is 0.911. The second-order valence-electron chi connectivity index (χ2n) is 5.06. The predicted molar refractivity (Wildman–Crippen MR) is 72.7 cm³/mol. The van der Waals surface area contributed by atoms with E-state index in [2.05, 4.69) is 31.1 Å². The van der Waals surface area contributed by atoms with Crippen LogP contribution in [-0.4, -0.2) is 26.3 Å². The van der Waals surface area contributed by atoms with Gasteiger partial charge in [0.1, 0.15) is 5.82 Å². The Balaban J connectivity index is 1.86. The molecule has 0 spiro atoms. The third-order valence-corrected chi connectivity index (χ3v) is 3.65. The molecule has 5 heteroatoms. The first-order valence-electron chi connectivity index (χ1n) is 6.86. The minimum Gasteiger partial charge on any atom is -0.309 e. The number of rotatable bonds is 3. The smallest absolute Gasteiger partial charge is 0.150 e. The predicted octanol–water partition coefficient (Wildman–Crippen LogP) is 1.84. The van der Waals surface area contributed by atoms with Crippen LogP contribution in [0.1, 0.15) is 42.5 Å². The van der Waals surface area contributed by atoms with Crippen molar-refractivity contribution < 1.29 is 0 Å². The zero-order valence-corrected chi connectivity index (χ0v) is 11.2. The standard InChI is InChI=1S/C14H19N5/c1-11-17-18-14(13-6-2-3-8-16-13)19(11)10-12-5-4-7-15-9-12/h4-5,7,9,13,16H,2-3,6,8,10H2,1H3. The molecule has 3 rings (SSSR count). The SMILES string of the molecule is Cc1nnc(C2CCCCN2)n1Cc1cccnc1. The lowest BCUT2D eigenvalue weighted by atomic mass is 10.0. The molecule has 3 heterocycles. The van der Waals surface area contributed by atoms with Crippen molar-refractivity contribution in [3.63, 3.8) is 0 Å². The first kappa shape index (κ1) is 12.3. The zero-order valence-electron chi connectivity index (χ0n) is 11.2. The molecule has 0 aliphatic carbocycles. The van der Waals surface area contributed by atoms with Crippen LogP contribution in [0.2, 0.25) is 0 Å². The Morgan fingerprint density at radius 3 is 3.05 bits per heavy atom. The van der Waals surface area contributed by atoms with Gasteiger partial charge in [-0.25, -0.2) is 0 Å². The Kier molecular flexibility index (Phi) is 3.55. The van der Waals surface area contributed by atoms with Gasteiger partial charge in [0, 0.05) is 12.4 Å². The molecule has 0 aromatic carbocycles. The number of nitrogens with zero attached hydrogens (tertiary/aromatic N) is 4. The molecular weight excluding hydrogens is 238 g/mol. The molecule has 0 radical (unpaired) electrons. The van der Waals surface area contributed by atoms with Gasteiger partial charge in [0.15, 0.2) is 5.82 Å². The van der Waals surface area contributed by atoms with Crippen molar-refractivity contribution in [1.82, 2.24) is 25.1 Å². The van der Waals surface area contributed by atoms with Crippen molar-refractivity contribution in [3.05, 3.63) is 41.7 Å². The summed E-state index contributed by atoms with van der Waals surface area (Å²) in [5, 5.41) is 12.1. The Bertz CT molecular complexity index is 528. The van der Waals surface area contributed by atoms with Crippen molar-refractivity contribution in [1.29, 1.82) is 0 Å². The van der Waals surface area contributed by atoms with Crippen LogP contribution >= 0.6 is 0 Å². The van der Waals surface area contributed by atoms with Gasteiger partial charge in [-0.15, -0.1) is 10.2 Å². The van der Waals surface area contributed by atoms with Gasteiger partial charge in [0.2, 0.25) is 0 Å². The average molecular weight is 257 g/mol. The molecule has 1 fully saturated rings. The normalized spacial score (nSPS) is 19.5. The summed E-state index contributed by atoms with van der Waals surface area (Å²) in [6.45, 7) is 3.87. The second kappa shape index (κ2) is 5.48. The molecule has 5 nitrogen and oxygen atoms in total. The van der Waals surface area contributed by atoms with Crippen LogP contribution in [-0.2, 0) is 6.54 Å². The van der Waals surface area contributed by atoms with Crippen LogP contribution < -0.4 is 5.32 Å². The molecule has 0 bridgehead atoms. The van der Waals surface area contributed by atoms with Gasteiger partial charge in [-0.1, -0.05) is 12.5 Å². The van der Waals surface area contributed by atoms with Gasteiger partial charge in [-0.3, -0.25) is 4.98 Å². The number of aryl methyl sites for hydroxylation is 1. The lowest BCUT2D eigenvalue weighted by molar-refractivity contribution is 0.386.